The van der Waals surface area contributed by atoms with Gasteiger partial charge in [0, 0.05) is 47.7 Å². The predicted octanol–water partition coefficient (Wildman–Crippen LogP) is 3.71. The molecule has 0 heterocycles. The third-order valence-electron chi connectivity index (χ3n) is 4.72. The molecule has 3 rings (SSSR count). The normalized spacial score (nSPS) is 11.0. The number of amidine groups is 2. The third kappa shape index (κ3) is 7.06. The molecule has 0 atom stereocenters. The van der Waals surface area contributed by atoms with Gasteiger partial charge in [-0.1, -0.05) is 24.3 Å². The molecule has 3 aromatic carbocycles. The van der Waals surface area contributed by atoms with Crippen molar-refractivity contribution in [1.29, 1.82) is 0 Å². The number of carbonyl (C=O) groups is 2. The Morgan fingerprint density at radius 3 is 1.29 bits per heavy atom. The van der Waals surface area contributed by atoms with Gasteiger partial charge in [0.05, 0.1) is 0 Å². The highest BCUT2D eigenvalue weighted by Gasteiger charge is 2.11. The van der Waals surface area contributed by atoms with Crippen molar-refractivity contribution in [3.63, 3.8) is 0 Å². The van der Waals surface area contributed by atoms with Crippen LogP contribution in [0.1, 0.15) is 31.8 Å². The van der Waals surface area contributed by atoms with Gasteiger partial charge in [0.15, 0.2) is 0 Å². The first-order chi connectivity index (χ1) is 15.4. The molecule has 0 bridgehead atoms. The quantitative estimate of drug-likeness (QED) is 0.303. The van der Waals surface area contributed by atoms with E-state index in [4.69, 9.17) is 11.5 Å². The number of benzene rings is 3. The van der Waals surface area contributed by atoms with E-state index in [1.807, 2.05) is 12.1 Å². The van der Waals surface area contributed by atoms with Crippen molar-refractivity contribution in [1.82, 2.24) is 0 Å². The smallest absolute Gasteiger partial charge is 0.255 e. The maximum Gasteiger partial charge on any atom is 0.255 e. The molecule has 0 aliphatic heterocycles. The Hall–Kier alpha value is -3.88. The number of hydrogen-bond acceptors (Lipinski definition) is 4. The Kier molecular flexibility index (Phi) is 10.7. The lowest BCUT2D eigenvalue weighted by molar-refractivity contribution is 0.101. The fraction of sp³-hybridized carbons (Fsp3) is 0.0833. The monoisotopic (exact) mass is 500 g/mol. The minimum absolute atomic E-state index is 0. The largest absolute Gasteiger partial charge is 0.384 e. The topological polar surface area (TPSA) is 135 Å². The van der Waals surface area contributed by atoms with Crippen molar-refractivity contribution in [2.24, 2.45) is 21.5 Å². The average molecular weight is 501 g/mol. The van der Waals surface area contributed by atoms with E-state index in [2.05, 4.69) is 20.6 Å². The van der Waals surface area contributed by atoms with Gasteiger partial charge in [0.1, 0.15) is 11.7 Å². The molecule has 0 unspecified atom stereocenters. The first-order valence-electron chi connectivity index (χ1n) is 9.79. The van der Waals surface area contributed by atoms with Gasteiger partial charge in [-0.25, -0.2) is 0 Å². The number of aliphatic imine (C=N–C) groups is 2. The van der Waals surface area contributed by atoms with Crippen LogP contribution in [0.25, 0.3) is 0 Å². The molecule has 8 nitrogen and oxygen atoms in total. The predicted molar refractivity (Wildman–Crippen MR) is 143 cm³/mol. The number of rotatable bonds is 6. The summed E-state index contributed by atoms with van der Waals surface area (Å²) in [4.78, 5) is 33.0. The Labute approximate surface area is 210 Å². The van der Waals surface area contributed by atoms with Crippen LogP contribution in [0.2, 0.25) is 0 Å². The van der Waals surface area contributed by atoms with Crippen molar-refractivity contribution in [3.05, 3.63) is 95.1 Å². The van der Waals surface area contributed by atoms with Gasteiger partial charge in [0.25, 0.3) is 11.8 Å². The summed E-state index contributed by atoms with van der Waals surface area (Å²) < 4.78 is 0. The SMILES string of the molecule is CN=C(N)c1cccc(NC(=O)c2ccc(C(=O)Nc3cccc(C(N)=NC)c3)cc2)c1.Cl.Cl. The number of anilines is 2. The fourth-order valence-corrected chi connectivity index (χ4v) is 2.95. The van der Waals surface area contributed by atoms with Gasteiger partial charge in [-0.2, -0.15) is 0 Å². The molecule has 10 heteroatoms. The van der Waals surface area contributed by atoms with Crippen molar-refractivity contribution in [2.45, 2.75) is 0 Å². The number of halogens is 2. The molecule has 2 amide bonds. The van der Waals surface area contributed by atoms with E-state index in [1.165, 1.54) is 0 Å². The van der Waals surface area contributed by atoms with Crippen LogP contribution in [0, 0.1) is 0 Å². The van der Waals surface area contributed by atoms with Crippen LogP contribution in [-0.4, -0.2) is 37.6 Å². The highest BCUT2D eigenvalue weighted by Crippen LogP contribution is 2.15. The van der Waals surface area contributed by atoms with Crippen LogP contribution in [0.5, 0.6) is 0 Å². The fourth-order valence-electron chi connectivity index (χ4n) is 2.95. The summed E-state index contributed by atoms with van der Waals surface area (Å²) in [7, 11) is 3.20. The van der Waals surface area contributed by atoms with E-state index < -0.39 is 0 Å². The summed E-state index contributed by atoms with van der Waals surface area (Å²) in [6.07, 6.45) is 0. The van der Waals surface area contributed by atoms with Crippen LogP contribution in [0.4, 0.5) is 11.4 Å². The molecule has 0 aromatic heterocycles. The minimum atomic E-state index is -0.303. The van der Waals surface area contributed by atoms with Gasteiger partial charge in [-0.3, -0.25) is 19.6 Å². The Morgan fingerprint density at radius 2 is 0.971 bits per heavy atom. The molecule has 178 valence electrons. The number of nitrogens with zero attached hydrogens (tertiary/aromatic N) is 2. The van der Waals surface area contributed by atoms with Crippen molar-refractivity contribution in [3.8, 4) is 0 Å². The summed E-state index contributed by atoms with van der Waals surface area (Å²) in [5, 5.41) is 5.63. The lowest BCUT2D eigenvalue weighted by atomic mass is 10.1. The van der Waals surface area contributed by atoms with E-state index >= 15 is 0 Å². The molecule has 6 N–H and O–H groups in total. The highest BCUT2D eigenvalue weighted by molar-refractivity contribution is 6.08. The second-order valence-electron chi connectivity index (χ2n) is 6.86. The second-order valence-corrected chi connectivity index (χ2v) is 6.86. The first kappa shape index (κ1) is 28.2. The van der Waals surface area contributed by atoms with Crippen molar-refractivity contribution >= 4 is 59.7 Å². The number of hydrogen-bond donors (Lipinski definition) is 4. The van der Waals surface area contributed by atoms with Crippen LogP contribution >= 0.6 is 24.8 Å². The summed E-state index contributed by atoms with van der Waals surface area (Å²) in [5.41, 5.74) is 15.1. The number of amides is 2. The molecule has 0 radical (unpaired) electrons. The van der Waals surface area contributed by atoms with Gasteiger partial charge < -0.3 is 22.1 Å². The van der Waals surface area contributed by atoms with Crippen LogP contribution in [0.3, 0.4) is 0 Å². The van der Waals surface area contributed by atoms with Gasteiger partial charge in [-0.15, -0.1) is 24.8 Å². The summed E-state index contributed by atoms with van der Waals surface area (Å²) in [6, 6.07) is 20.6. The molecule has 0 saturated heterocycles. The lowest BCUT2D eigenvalue weighted by Gasteiger charge is -2.09. The summed E-state index contributed by atoms with van der Waals surface area (Å²) >= 11 is 0. The minimum Gasteiger partial charge on any atom is -0.384 e. The number of carbonyl (C=O) groups excluding carboxylic acids is 2. The lowest BCUT2D eigenvalue weighted by Crippen LogP contribution is -2.16. The molecule has 0 aliphatic rings. The highest BCUT2D eigenvalue weighted by atomic mass is 35.5. The zero-order valence-electron chi connectivity index (χ0n) is 18.6. The van der Waals surface area contributed by atoms with E-state index in [-0.39, 0.29) is 36.6 Å². The Bertz CT molecular complexity index is 1120. The van der Waals surface area contributed by atoms with E-state index in [1.54, 1.807) is 74.8 Å². The van der Waals surface area contributed by atoms with Crippen molar-refractivity contribution < 1.29 is 9.59 Å². The second kappa shape index (κ2) is 13.0. The van der Waals surface area contributed by atoms with Crippen LogP contribution in [-0.2, 0) is 0 Å². The Morgan fingerprint density at radius 1 is 0.618 bits per heavy atom. The number of nitrogens with one attached hydrogen (secondary N) is 2. The summed E-state index contributed by atoms with van der Waals surface area (Å²) in [5.74, 6) is 0.157. The number of nitrogens with two attached hydrogens (primary N) is 2. The maximum atomic E-state index is 12.6. The zero-order valence-corrected chi connectivity index (χ0v) is 20.2. The molecule has 0 saturated carbocycles. The van der Waals surface area contributed by atoms with E-state index in [0.717, 1.165) is 0 Å². The van der Waals surface area contributed by atoms with Crippen LogP contribution in [0.15, 0.2) is 82.8 Å². The summed E-state index contributed by atoms with van der Waals surface area (Å²) in [6.45, 7) is 0. The van der Waals surface area contributed by atoms with Crippen LogP contribution < -0.4 is 22.1 Å². The molecule has 0 aliphatic carbocycles. The van der Waals surface area contributed by atoms with Gasteiger partial charge in [0.2, 0.25) is 0 Å². The first-order valence-corrected chi connectivity index (χ1v) is 9.79. The molecular formula is C24H26Cl2N6O2. The van der Waals surface area contributed by atoms with E-state index in [0.29, 0.717) is 45.3 Å². The van der Waals surface area contributed by atoms with Crippen molar-refractivity contribution in [2.75, 3.05) is 24.7 Å². The third-order valence-corrected chi connectivity index (χ3v) is 4.72. The zero-order chi connectivity index (χ0) is 23.1. The molecule has 0 fully saturated rings. The van der Waals surface area contributed by atoms with Gasteiger partial charge >= 0.3 is 0 Å². The van der Waals surface area contributed by atoms with E-state index in [9.17, 15) is 9.59 Å². The molecule has 3 aromatic rings. The average Bonchev–Trinajstić information content (AvgIpc) is 2.83. The van der Waals surface area contributed by atoms with Gasteiger partial charge in [-0.05, 0) is 48.5 Å². The maximum absolute atomic E-state index is 12.6. The standard InChI is InChI=1S/C24H24N6O2.2ClH/c1-27-21(25)17-5-3-7-19(13-17)29-23(31)15-9-11-16(12-10-15)24(32)30-20-8-4-6-18(14-20)22(26)28-2;;/h3-14H,1-2H3,(H2,25,27)(H2,26,28)(H,29,31)(H,30,32);2*1H. The molecule has 0 spiro atoms. The Balaban J connectivity index is 0.00000289. The molecular weight excluding hydrogens is 475 g/mol. The molecule has 34 heavy (non-hydrogen) atoms.